The lowest BCUT2D eigenvalue weighted by atomic mass is 10.3. The number of thioether (sulfide) groups is 1. The highest BCUT2D eigenvalue weighted by molar-refractivity contribution is 8.00. The van der Waals surface area contributed by atoms with E-state index in [2.05, 4.69) is 0 Å². The van der Waals surface area contributed by atoms with Crippen molar-refractivity contribution >= 4 is 33.6 Å². The molecule has 1 atom stereocenters. The quantitative estimate of drug-likeness (QED) is 0.793. The third kappa shape index (κ3) is 5.06. The molecule has 1 aliphatic rings. The Kier molecular flexibility index (Phi) is 6.33. The third-order valence-electron chi connectivity index (χ3n) is 3.26. The molecule has 0 aromatic heterocycles. The molecule has 1 saturated heterocycles. The van der Waals surface area contributed by atoms with Crippen molar-refractivity contribution in [2.45, 2.75) is 31.7 Å². The van der Waals surface area contributed by atoms with E-state index in [1.807, 2.05) is 0 Å². The van der Waals surface area contributed by atoms with Gasteiger partial charge < -0.3 is 14.9 Å². The molecule has 1 aliphatic heterocycles. The SMILES string of the molecule is CC(C)N(CCC(=O)O)C(=O)N1CCSCC1S(C)(=O)=O. The van der Waals surface area contributed by atoms with Gasteiger partial charge in [0.2, 0.25) is 0 Å². The molecule has 9 heteroatoms. The van der Waals surface area contributed by atoms with Gasteiger partial charge in [0.25, 0.3) is 0 Å². The van der Waals surface area contributed by atoms with Crippen molar-refractivity contribution in [1.29, 1.82) is 0 Å². The van der Waals surface area contributed by atoms with Crippen LogP contribution in [0.1, 0.15) is 20.3 Å². The zero-order valence-electron chi connectivity index (χ0n) is 12.5. The Hall–Kier alpha value is -0.960. The third-order valence-corrected chi connectivity index (χ3v) is 5.90. The summed E-state index contributed by atoms with van der Waals surface area (Å²) in [6, 6.07) is -0.589. The van der Waals surface area contributed by atoms with E-state index in [0.29, 0.717) is 18.1 Å². The standard InChI is InChI=1S/C12H22N2O5S2/c1-9(2)13(5-4-11(15)16)12(17)14-6-7-20-8-10(14)21(3,18)19/h9-10H,4-8H2,1-3H3,(H,15,16). The molecule has 21 heavy (non-hydrogen) atoms. The summed E-state index contributed by atoms with van der Waals surface area (Å²) in [5.74, 6) is 0.0558. The molecule has 0 aromatic carbocycles. The van der Waals surface area contributed by atoms with E-state index in [1.54, 1.807) is 13.8 Å². The first-order valence-corrected chi connectivity index (χ1v) is 9.81. The fraction of sp³-hybridized carbons (Fsp3) is 0.833. The maximum Gasteiger partial charge on any atom is 0.321 e. The van der Waals surface area contributed by atoms with Crippen LogP contribution in [0.2, 0.25) is 0 Å². The predicted molar refractivity (Wildman–Crippen MR) is 82.2 cm³/mol. The highest BCUT2D eigenvalue weighted by atomic mass is 32.2. The van der Waals surface area contributed by atoms with Gasteiger partial charge in [0.1, 0.15) is 5.37 Å². The Balaban J connectivity index is 2.92. The maximum absolute atomic E-state index is 12.6. The lowest BCUT2D eigenvalue weighted by molar-refractivity contribution is -0.137. The second kappa shape index (κ2) is 7.35. The van der Waals surface area contributed by atoms with Gasteiger partial charge in [0, 0.05) is 36.9 Å². The smallest absolute Gasteiger partial charge is 0.321 e. The number of nitrogens with zero attached hydrogens (tertiary/aromatic N) is 2. The molecule has 0 radical (unpaired) electrons. The van der Waals surface area contributed by atoms with E-state index in [1.165, 1.54) is 21.6 Å². The Bertz CT molecular complexity index is 492. The molecule has 1 unspecified atom stereocenters. The summed E-state index contributed by atoms with van der Waals surface area (Å²) in [7, 11) is -3.37. The van der Waals surface area contributed by atoms with Gasteiger partial charge in [-0.2, -0.15) is 11.8 Å². The van der Waals surface area contributed by atoms with Crippen molar-refractivity contribution in [3.05, 3.63) is 0 Å². The average molecular weight is 338 g/mol. The second-order valence-electron chi connectivity index (χ2n) is 5.27. The van der Waals surface area contributed by atoms with E-state index >= 15 is 0 Å². The van der Waals surface area contributed by atoms with Crippen molar-refractivity contribution in [2.75, 3.05) is 30.9 Å². The first kappa shape index (κ1) is 18.1. The summed E-state index contributed by atoms with van der Waals surface area (Å²) in [5, 5.41) is 7.93. The largest absolute Gasteiger partial charge is 0.481 e. The van der Waals surface area contributed by atoms with Crippen LogP contribution in [0, 0.1) is 0 Å². The zero-order chi connectivity index (χ0) is 16.2. The van der Waals surface area contributed by atoms with Crippen LogP contribution < -0.4 is 0 Å². The fourth-order valence-electron chi connectivity index (χ4n) is 2.11. The first-order valence-electron chi connectivity index (χ1n) is 6.70. The number of amides is 2. The van der Waals surface area contributed by atoms with Crippen molar-refractivity contribution in [3.8, 4) is 0 Å². The van der Waals surface area contributed by atoms with Gasteiger partial charge in [0.15, 0.2) is 9.84 Å². The Morgan fingerprint density at radius 1 is 1.43 bits per heavy atom. The number of urea groups is 1. The molecular formula is C12H22N2O5S2. The van der Waals surface area contributed by atoms with E-state index in [0.717, 1.165) is 6.26 Å². The summed E-state index contributed by atoms with van der Waals surface area (Å²) < 4.78 is 23.7. The Morgan fingerprint density at radius 3 is 2.52 bits per heavy atom. The molecule has 0 aliphatic carbocycles. The minimum atomic E-state index is -3.37. The second-order valence-corrected chi connectivity index (χ2v) is 8.62. The number of sulfone groups is 1. The lowest BCUT2D eigenvalue weighted by Crippen LogP contribution is -2.56. The summed E-state index contributed by atoms with van der Waals surface area (Å²) in [6.07, 6.45) is 0.969. The molecule has 0 spiro atoms. The minimum absolute atomic E-state index is 0.0754. The Labute approximate surface area is 129 Å². The lowest BCUT2D eigenvalue weighted by Gasteiger charge is -2.39. The van der Waals surface area contributed by atoms with Crippen LogP contribution in [-0.4, -0.2) is 77.6 Å². The average Bonchev–Trinajstić information content (AvgIpc) is 2.37. The van der Waals surface area contributed by atoms with Crippen LogP contribution >= 0.6 is 11.8 Å². The summed E-state index contributed by atoms with van der Waals surface area (Å²) in [5.41, 5.74) is 0. The van der Waals surface area contributed by atoms with Crippen LogP contribution in [0.25, 0.3) is 0 Å². The summed E-state index contributed by atoms with van der Waals surface area (Å²) in [4.78, 5) is 26.1. The highest BCUT2D eigenvalue weighted by Gasteiger charge is 2.36. The molecular weight excluding hydrogens is 316 g/mol. The number of carboxylic acids is 1. The van der Waals surface area contributed by atoms with Gasteiger partial charge in [-0.05, 0) is 13.8 Å². The summed E-state index contributed by atoms with van der Waals surface area (Å²) >= 11 is 1.50. The maximum atomic E-state index is 12.6. The fourth-order valence-corrected chi connectivity index (χ4v) is 4.92. The zero-order valence-corrected chi connectivity index (χ0v) is 14.1. The van der Waals surface area contributed by atoms with Crippen molar-refractivity contribution in [2.24, 2.45) is 0 Å². The number of rotatable bonds is 5. The topological polar surface area (TPSA) is 95.0 Å². The molecule has 1 heterocycles. The van der Waals surface area contributed by atoms with Gasteiger partial charge in [-0.25, -0.2) is 13.2 Å². The van der Waals surface area contributed by atoms with E-state index < -0.39 is 27.2 Å². The molecule has 0 aromatic rings. The molecule has 2 amide bonds. The van der Waals surface area contributed by atoms with Crippen LogP contribution in [0.15, 0.2) is 0 Å². The molecule has 1 N–H and O–H groups in total. The van der Waals surface area contributed by atoms with Crippen LogP contribution in [0.3, 0.4) is 0 Å². The molecule has 1 rings (SSSR count). The Morgan fingerprint density at radius 2 is 2.05 bits per heavy atom. The number of carbonyl (C=O) groups is 2. The van der Waals surface area contributed by atoms with E-state index in [-0.39, 0.29) is 19.0 Å². The van der Waals surface area contributed by atoms with Gasteiger partial charge in [-0.1, -0.05) is 0 Å². The van der Waals surface area contributed by atoms with E-state index in [9.17, 15) is 18.0 Å². The minimum Gasteiger partial charge on any atom is -0.481 e. The van der Waals surface area contributed by atoms with Crippen molar-refractivity contribution in [1.82, 2.24) is 9.80 Å². The highest BCUT2D eigenvalue weighted by Crippen LogP contribution is 2.22. The molecule has 0 saturated carbocycles. The first-order chi connectivity index (χ1) is 9.64. The van der Waals surface area contributed by atoms with Crippen LogP contribution in [0.5, 0.6) is 0 Å². The number of carboxylic acid groups (broad SMARTS) is 1. The van der Waals surface area contributed by atoms with Gasteiger partial charge in [-0.3, -0.25) is 4.79 Å². The predicted octanol–water partition coefficient (Wildman–Crippen LogP) is 0.711. The molecule has 122 valence electrons. The van der Waals surface area contributed by atoms with Crippen LogP contribution in [0.4, 0.5) is 4.79 Å². The number of aliphatic carboxylic acids is 1. The summed E-state index contributed by atoms with van der Waals surface area (Å²) in [6.45, 7) is 4.01. The molecule has 1 fully saturated rings. The number of hydrogen-bond donors (Lipinski definition) is 1. The van der Waals surface area contributed by atoms with Crippen molar-refractivity contribution < 1.29 is 23.1 Å². The molecule has 7 nitrogen and oxygen atoms in total. The van der Waals surface area contributed by atoms with Gasteiger partial charge in [-0.15, -0.1) is 0 Å². The van der Waals surface area contributed by atoms with E-state index in [4.69, 9.17) is 5.11 Å². The van der Waals surface area contributed by atoms with Crippen LogP contribution in [-0.2, 0) is 14.6 Å². The monoisotopic (exact) mass is 338 g/mol. The number of hydrogen-bond acceptors (Lipinski definition) is 5. The normalized spacial score (nSPS) is 19.6. The molecule has 0 bridgehead atoms. The number of carbonyl (C=O) groups excluding carboxylic acids is 1. The van der Waals surface area contributed by atoms with Crippen molar-refractivity contribution in [3.63, 3.8) is 0 Å². The van der Waals surface area contributed by atoms with Gasteiger partial charge >= 0.3 is 12.0 Å². The van der Waals surface area contributed by atoms with Gasteiger partial charge in [0.05, 0.1) is 6.42 Å².